The van der Waals surface area contributed by atoms with Gasteiger partial charge in [0.25, 0.3) is 0 Å². The first kappa shape index (κ1) is 13.9. The Hall–Kier alpha value is -0.690. The summed E-state index contributed by atoms with van der Waals surface area (Å²) in [6.45, 7) is 6.08. The third-order valence-corrected chi connectivity index (χ3v) is 6.30. The molecule has 5 rings (SSSR count). The minimum Gasteiger partial charge on any atom is -0.319 e. The number of fused-ring (bicyclic) bond motifs is 2. The van der Waals surface area contributed by atoms with Crippen molar-refractivity contribution < 1.29 is 19.3 Å². The van der Waals surface area contributed by atoms with Gasteiger partial charge >= 0.3 is 0 Å². The van der Waals surface area contributed by atoms with Crippen LogP contribution in [0.4, 0.5) is 0 Å². The number of ether oxygens (including phenoxy) is 1. The minimum atomic E-state index is -0.810. The molecule has 2 N–H and O–H groups in total. The standard InChI is InChI=1S/C15H24N2O4/c1-8-4-5-11-9(2)12(18)17(16)13-15(11)10(8)6-7-14(3,19-13)20-21-15/h8-11,13H,4-7,16H2,1-3H3/t8-,9-,10+,11+,13-,14-,15+/m1/s1. The van der Waals surface area contributed by atoms with Gasteiger partial charge in [0.2, 0.25) is 11.7 Å². The van der Waals surface area contributed by atoms with Gasteiger partial charge in [-0.15, -0.1) is 0 Å². The first-order valence-corrected chi connectivity index (χ1v) is 8.01. The summed E-state index contributed by atoms with van der Waals surface area (Å²) in [6, 6.07) is 0. The molecule has 0 aromatic heterocycles. The maximum atomic E-state index is 12.5. The molecule has 1 amide bonds. The lowest BCUT2D eigenvalue weighted by Gasteiger charge is -2.60. The maximum Gasteiger partial charge on any atom is 0.242 e. The number of hydrogen-bond donors (Lipinski definition) is 1. The number of carbonyl (C=O) groups is 1. The van der Waals surface area contributed by atoms with Crippen LogP contribution >= 0.6 is 0 Å². The van der Waals surface area contributed by atoms with Gasteiger partial charge < -0.3 is 4.74 Å². The molecule has 0 radical (unpaired) electrons. The van der Waals surface area contributed by atoms with Crippen LogP contribution < -0.4 is 5.84 Å². The minimum absolute atomic E-state index is 0.0521. The summed E-state index contributed by atoms with van der Waals surface area (Å²) < 4.78 is 6.14. The summed E-state index contributed by atoms with van der Waals surface area (Å²) in [5.74, 6) is 6.03. The fourth-order valence-electron chi connectivity index (χ4n) is 5.09. The van der Waals surface area contributed by atoms with E-state index in [1.165, 1.54) is 5.01 Å². The molecular formula is C15H24N2O4. The molecule has 118 valence electrons. The van der Waals surface area contributed by atoms with E-state index >= 15 is 0 Å². The summed E-state index contributed by atoms with van der Waals surface area (Å²) in [5, 5.41) is 1.26. The van der Waals surface area contributed by atoms with Crippen LogP contribution in [0.15, 0.2) is 0 Å². The topological polar surface area (TPSA) is 74.0 Å². The van der Waals surface area contributed by atoms with E-state index in [1.54, 1.807) is 0 Å². The van der Waals surface area contributed by atoms with Gasteiger partial charge in [-0.3, -0.25) is 4.79 Å². The Kier molecular flexibility index (Phi) is 2.78. The first-order chi connectivity index (χ1) is 9.89. The molecule has 5 fully saturated rings. The lowest BCUT2D eigenvalue weighted by molar-refractivity contribution is -0.548. The van der Waals surface area contributed by atoms with Gasteiger partial charge in [0.05, 0.1) is 0 Å². The summed E-state index contributed by atoms with van der Waals surface area (Å²) in [7, 11) is 0. The molecule has 21 heavy (non-hydrogen) atoms. The SMILES string of the molecule is C[C@@H]1CC[C@H]2[C@@H](C)C(=O)N(N)[C@@H]3O[C@@]4(C)CC[C@@H]1[C@]23OO4. The number of hydrogen-bond acceptors (Lipinski definition) is 5. The lowest BCUT2D eigenvalue weighted by Crippen LogP contribution is -2.76. The molecule has 2 bridgehead atoms. The van der Waals surface area contributed by atoms with Crippen molar-refractivity contribution >= 4 is 5.91 Å². The van der Waals surface area contributed by atoms with E-state index < -0.39 is 17.6 Å². The van der Waals surface area contributed by atoms with Gasteiger partial charge in [0.1, 0.15) is 0 Å². The quantitative estimate of drug-likeness (QED) is 0.417. The molecule has 1 aliphatic carbocycles. The smallest absolute Gasteiger partial charge is 0.242 e. The van der Waals surface area contributed by atoms with Gasteiger partial charge in [-0.2, -0.15) is 0 Å². The predicted molar refractivity (Wildman–Crippen MR) is 73.0 cm³/mol. The highest BCUT2D eigenvalue weighted by atomic mass is 17.3. The summed E-state index contributed by atoms with van der Waals surface area (Å²) in [6.07, 6.45) is 3.29. The second-order valence-electron chi connectivity index (χ2n) is 7.46. The molecule has 6 nitrogen and oxygen atoms in total. The van der Waals surface area contributed by atoms with Gasteiger partial charge in [-0.1, -0.05) is 13.8 Å². The van der Waals surface area contributed by atoms with Crippen molar-refractivity contribution in [1.82, 2.24) is 5.01 Å². The van der Waals surface area contributed by atoms with Crippen LogP contribution in [-0.2, 0) is 19.3 Å². The van der Waals surface area contributed by atoms with Crippen molar-refractivity contribution in [2.24, 2.45) is 29.5 Å². The van der Waals surface area contributed by atoms with Crippen molar-refractivity contribution in [2.45, 2.75) is 64.1 Å². The fraction of sp³-hybridized carbons (Fsp3) is 0.933. The molecule has 1 saturated carbocycles. The Balaban J connectivity index is 1.87. The monoisotopic (exact) mass is 296 g/mol. The molecule has 4 heterocycles. The average molecular weight is 296 g/mol. The number of nitrogens with zero attached hydrogens (tertiary/aromatic N) is 1. The van der Waals surface area contributed by atoms with Crippen molar-refractivity contribution in [3.05, 3.63) is 0 Å². The van der Waals surface area contributed by atoms with E-state index in [9.17, 15) is 4.79 Å². The number of amides is 1. The molecule has 0 unspecified atom stereocenters. The summed E-state index contributed by atoms with van der Waals surface area (Å²) in [5.41, 5.74) is -0.615. The number of carbonyl (C=O) groups excluding carboxylic acids is 1. The Bertz CT molecular complexity index is 486. The molecule has 5 aliphatic rings. The van der Waals surface area contributed by atoms with E-state index in [-0.39, 0.29) is 17.7 Å². The van der Waals surface area contributed by atoms with E-state index in [0.29, 0.717) is 11.8 Å². The molecule has 4 aliphatic heterocycles. The highest BCUT2D eigenvalue weighted by molar-refractivity contribution is 5.80. The number of nitrogens with two attached hydrogens (primary N) is 1. The molecule has 0 aromatic rings. The van der Waals surface area contributed by atoms with Crippen LogP contribution in [0, 0.1) is 23.7 Å². The number of hydrazine groups is 1. The Morgan fingerprint density at radius 3 is 2.71 bits per heavy atom. The van der Waals surface area contributed by atoms with E-state index in [2.05, 4.69) is 6.92 Å². The summed E-state index contributed by atoms with van der Waals surface area (Å²) in [4.78, 5) is 24.2. The molecule has 1 spiro atoms. The predicted octanol–water partition coefficient (Wildman–Crippen LogP) is 1.55. The van der Waals surface area contributed by atoms with E-state index in [4.69, 9.17) is 20.4 Å². The second-order valence-corrected chi connectivity index (χ2v) is 7.46. The molecule has 4 saturated heterocycles. The van der Waals surface area contributed by atoms with Crippen molar-refractivity contribution in [1.29, 1.82) is 0 Å². The normalized spacial score (nSPS) is 56.1. The van der Waals surface area contributed by atoms with E-state index in [1.807, 2.05) is 13.8 Å². The highest BCUT2D eigenvalue weighted by Crippen LogP contribution is 2.59. The van der Waals surface area contributed by atoms with Crippen LogP contribution in [-0.4, -0.2) is 28.5 Å². The van der Waals surface area contributed by atoms with Gasteiger partial charge in [-0.25, -0.2) is 20.6 Å². The Morgan fingerprint density at radius 2 is 1.95 bits per heavy atom. The Labute approximate surface area is 124 Å². The summed E-state index contributed by atoms with van der Waals surface area (Å²) >= 11 is 0. The Morgan fingerprint density at radius 1 is 1.19 bits per heavy atom. The largest absolute Gasteiger partial charge is 0.319 e. The first-order valence-electron chi connectivity index (χ1n) is 8.01. The maximum absolute atomic E-state index is 12.5. The second kappa shape index (κ2) is 4.19. The highest BCUT2D eigenvalue weighted by Gasteiger charge is 2.70. The molecule has 7 atom stereocenters. The van der Waals surface area contributed by atoms with Crippen molar-refractivity contribution in [3.63, 3.8) is 0 Å². The van der Waals surface area contributed by atoms with Crippen LogP contribution in [0.5, 0.6) is 0 Å². The van der Waals surface area contributed by atoms with Crippen LogP contribution in [0.1, 0.15) is 46.5 Å². The zero-order chi connectivity index (χ0) is 15.0. The van der Waals surface area contributed by atoms with Crippen molar-refractivity contribution in [2.75, 3.05) is 0 Å². The van der Waals surface area contributed by atoms with E-state index in [0.717, 1.165) is 25.7 Å². The zero-order valence-electron chi connectivity index (χ0n) is 12.9. The molecule has 0 aromatic carbocycles. The number of rotatable bonds is 0. The lowest BCUT2D eigenvalue weighted by atomic mass is 9.57. The average Bonchev–Trinajstić information content (AvgIpc) is 2.69. The van der Waals surface area contributed by atoms with Crippen molar-refractivity contribution in [3.8, 4) is 0 Å². The number of piperidine rings is 1. The van der Waals surface area contributed by atoms with Gasteiger partial charge in [0, 0.05) is 18.3 Å². The third-order valence-electron chi connectivity index (χ3n) is 6.30. The van der Waals surface area contributed by atoms with Crippen LogP contribution in [0.25, 0.3) is 0 Å². The molecule has 6 heteroatoms. The van der Waals surface area contributed by atoms with Gasteiger partial charge in [0.15, 0.2) is 11.8 Å². The third kappa shape index (κ3) is 1.59. The fourth-order valence-corrected chi connectivity index (χ4v) is 5.09. The van der Waals surface area contributed by atoms with Crippen LogP contribution in [0.3, 0.4) is 0 Å². The van der Waals surface area contributed by atoms with Crippen LogP contribution in [0.2, 0.25) is 0 Å². The molecular weight excluding hydrogens is 272 g/mol. The van der Waals surface area contributed by atoms with Gasteiger partial charge in [-0.05, 0) is 38.0 Å². The zero-order valence-corrected chi connectivity index (χ0v) is 12.9.